The smallest absolute Gasteiger partial charge is 0.317 e. The van der Waals surface area contributed by atoms with Gasteiger partial charge in [-0.1, -0.05) is 12.1 Å². The summed E-state index contributed by atoms with van der Waals surface area (Å²) < 4.78 is 5.12. The summed E-state index contributed by atoms with van der Waals surface area (Å²) in [5.41, 5.74) is 12.2. The highest BCUT2D eigenvalue weighted by molar-refractivity contribution is 7.20. The molecular formula is C14H11N5O3S. The van der Waals surface area contributed by atoms with Crippen molar-refractivity contribution >= 4 is 28.3 Å². The fraction of sp³-hybridized carbons (Fsp3) is 0. The number of thiophene rings is 1. The number of nitrogens with one attached hydrogen (secondary N) is 1. The summed E-state index contributed by atoms with van der Waals surface area (Å²) in [6.07, 6.45) is 1.25. The average molecular weight is 329 g/mol. The molecule has 0 atom stereocenters. The number of aromatic nitrogens is 2. The van der Waals surface area contributed by atoms with E-state index in [0.717, 1.165) is 16.0 Å². The largest absolute Gasteiger partial charge is 0.423 e. The summed E-state index contributed by atoms with van der Waals surface area (Å²) in [4.78, 5) is 23.2. The zero-order valence-electron chi connectivity index (χ0n) is 11.6. The van der Waals surface area contributed by atoms with Crippen molar-refractivity contribution in [1.82, 2.24) is 10.2 Å². The van der Waals surface area contributed by atoms with Gasteiger partial charge in [-0.15, -0.1) is 21.5 Å². The minimum Gasteiger partial charge on any atom is -0.423 e. The standard InChI is InChI=1S/C14H11N5O3S/c15-11(20)9-5-10(23-13(9)18-14(16)21)7-1-3-8(4-2-7)12-19-17-6-22-12/h1-6H,(H2,15,20)(H3,16,18,21). The molecule has 23 heavy (non-hydrogen) atoms. The Morgan fingerprint density at radius 3 is 2.39 bits per heavy atom. The molecule has 5 N–H and O–H groups in total. The van der Waals surface area contributed by atoms with Gasteiger partial charge in [0.15, 0.2) is 0 Å². The van der Waals surface area contributed by atoms with Crippen LogP contribution in [0.4, 0.5) is 9.80 Å². The molecule has 1 aromatic carbocycles. The maximum Gasteiger partial charge on any atom is 0.317 e. The Balaban J connectivity index is 1.95. The van der Waals surface area contributed by atoms with E-state index in [1.54, 1.807) is 6.07 Å². The Hall–Kier alpha value is -3.20. The first-order chi connectivity index (χ1) is 11.0. The lowest BCUT2D eigenvalue weighted by Gasteiger charge is -1.99. The molecule has 0 aliphatic carbocycles. The maximum atomic E-state index is 11.5. The number of benzene rings is 1. The molecule has 2 aromatic heterocycles. The van der Waals surface area contributed by atoms with Gasteiger partial charge in [0.1, 0.15) is 5.00 Å². The van der Waals surface area contributed by atoms with Crippen molar-refractivity contribution in [3.63, 3.8) is 0 Å². The van der Waals surface area contributed by atoms with E-state index in [9.17, 15) is 9.59 Å². The predicted molar refractivity (Wildman–Crippen MR) is 84.8 cm³/mol. The average Bonchev–Trinajstić information content (AvgIpc) is 3.16. The van der Waals surface area contributed by atoms with Gasteiger partial charge in [0.25, 0.3) is 5.91 Å². The van der Waals surface area contributed by atoms with Crippen LogP contribution >= 0.6 is 11.3 Å². The van der Waals surface area contributed by atoms with Crippen LogP contribution in [-0.4, -0.2) is 22.1 Å². The molecule has 0 aliphatic heterocycles. The van der Waals surface area contributed by atoms with Gasteiger partial charge in [-0.05, 0) is 23.8 Å². The quantitative estimate of drug-likeness (QED) is 0.672. The second-order valence-corrected chi connectivity index (χ2v) is 5.58. The minimum atomic E-state index is -0.757. The Bertz CT molecular complexity index is 855. The van der Waals surface area contributed by atoms with Crippen LogP contribution < -0.4 is 16.8 Å². The molecule has 0 aliphatic rings. The van der Waals surface area contributed by atoms with E-state index in [1.165, 1.54) is 17.7 Å². The molecule has 0 spiro atoms. The zero-order chi connectivity index (χ0) is 16.4. The molecule has 3 amide bonds. The molecule has 3 aromatic rings. The number of carbonyl (C=O) groups is 2. The van der Waals surface area contributed by atoms with Gasteiger partial charge in [-0.25, -0.2) is 4.79 Å². The highest BCUT2D eigenvalue weighted by Gasteiger charge is 2.16. The summed E-state index contributed by atoms with van der Waals surface area (Å²) >= 11 is 1.21. The second-order valence-electron chi connectivity index (χ2n) is 4.53. The fourth-order valence-electron chi connectivity index (χ4n) is 2.00. The minimum absolute atomic E-state index is 0.213. The number of primary amides is 2. The van der Waals surface area contributed by atoms with E-state index < -0.39 is 11.9 Å². The molecule has 2 heterocycles. The van der Waals surface area contributed by atoms with Crippen molar-refractivity contribution in [2.75, 3.05) is 5.32 Å². The van der Waals surface area contributed by atoms with Gasteiger partial charge < -0.3 is 15.9 Å². The van der Waals surface area contributed by atoms with Crippen LogP contribution in [0.25, 0.3) is 21.9 Å². The number of anilines is 1. The molecule has 9 heteroatoms. The highest BCUT2D eigenvalue weighted by Crippen LogP contribution is 2.35. The summed E-state index contributed by atoms with van der Waals surface area (Å²) in [6.45, 7) is 0. The van der Waals surface area contributed by atoms with Crippen molar-refractivity contribution in [2.24, 2.45) is 11.5 Å². The van der Waals surface area contributed by atoms with Gasteiger partial charge in [-0.3, -0.25) is 10.1 Å². The number of amides is 3. The Labute approximate surface area is 134 Å². The summed E-state index contributed by atoms with van der Waals surface area (Å²) in [7, 11) is 0. The molecule has 0 radical (unpaired) electrons. The van der Waals surface area contributed by atoms with Gasteiger partial charge in [0.05, 0.1) is 5.56 Å². The number of urea groups is 1. The van der Waals surface area contributed by atoms with Crippen molar-refractivity contribution < 1.29 is 14.0 Å². The predicted octanol–water partition coefficient (Wildman–Crippen LogP) is 2.05. The Kier molecular flexibility index (Phi) is 3.77. The Morgan fingerprint density at radius 2 is 1.83 bits per heavy atom. The van der Waals surface area contributed by atoms with Gasteiger partial charge in [0, 0.05) is 10.4 Å². The second kappa shape index (κ2) is 5.89. The zero-order valence-corrected chi connectivity index (χ0v) is 12.5. The molecule has 0 bridgehead atoms. The first-order valence-corrected chi connectivity index (χ1v) is 7.23. The number of nitrogens with two attached hydrogens (primary N) is 2. The van der Waals surface area contributed by atoms with Crippen LogP contribution in [0.15, 0.2) is 41.1 Å². The fourth-order valence-corrected chi connectivity index (χ4v) is 3.07. The third kappa shape index (κ3) is 3.04. The van der Waals surface area contributed by atoms with Gasteiger partial charge >= 0.3 is 6.03 Å². The molecule has 116 valence electrons. The molecule has 0 saturated heterocycles. The SMILES string of the molecule is NC(=O)Nc1sc(-c2ccc(-c3nnco3)cc2)cc1C(N)=O. The number of nitrogens with zero attached hydrogens (tertiary/aromatic N) is 2. The lowest BCUT2D eigenvalue weighted by molar-refractivity contribution is 0.100. The van der Waals surface area contributed by atoms with E-state index in [1.807, 2.05) is 24.3 Å². The monoisotopic (exact) mass is 329 g/mol. The van der Waals surface area contributed by atoms with Crippen molar-refractivity contribution in [3.8, 4) is 21.9 Å². The van der Waals surface area contributed by atoms with E-state index in [4.69, 9.17) is 15.9 Å². The maximum absolute atomic E-state index is 11.5. The summed E-state index contributed by atoms with van der Waals surface area (Å²) in [5.74, 6) is -0.227. The summed E-state index contributed by atoms with van der Waals surface area (Å²) in [5, 5.41) is 10.2. The van der Waals surface area contributed by atoms with Gasteiger partial charge in [-0.2, -0.15) is 0 Å². The topological polar surface area (TPSA) is 137 Å². The van der Waals surface area contributed by atoms with Crippen molar-refractivity contribution in [2.45, 2.75) is 0 Å². The number of rotatable bonds is 4. The molecule has 3 rings (SSSR count). The number of hydrogen-bond donors (Lipinski definition) is 3. The van der Waals surface area contributed by atoms with Crippen LogP contribution in [-0.2, 0) is 0 Å². The molecule has 0 fully saturated rings. The Morgan fingerprint density at radius 1 is 1.13 bits per heavy atom. The van der Waals surface area contributed by atoms with Crippen molar-refractivity contribution in [3.05, 3.63) is 42.3 Å². The third-order valence-corrected chi connectivity index (χ3v) is 4.11. The number of carbonyl (C=O) groups excluding carboxylic acids is 2. The molecule has 0 unspecified atom stereocenters. The normalized spacial score (nSPS) is 10.4. The molecule has 8 nitrogen and oxygen atoms in total. The van der Waals surface area contributed by atoms with E-state index >= 15 is 0 Å². The van der Waals surface area contributed by atoms with Crippen LogP contribution in [0.5, 0.6) is 0 Å². The van der Waals surface area contributed by atoms with Crippen molar-refractivity contribution in [1.29, 1.82) is 0 Å². The van der Waals surface area contributed by atoms with Crippen LogP contribution in [0.1, 0.15) is 10.4 Å². The van der Waals surface area contributed by atoms with E-state index in [2.05, 4.69) is 15.5 Å². The first kappa shape index (κ1) is 14.7. The lowest BCUT2D eigenvalue weighted by atomic mass is 10.1. The number of hydrogen-bond acceptors (Lipinski definition) is 6. The molecule has 0 saturated carbocycles. The third-order valence-electron chi connectivity index (χ3n) is 3.01. The van der Waals surface area contributed by atoms with Crippen LogP contribution in [0.2, 0.25) is 0 Å². The van der Waals surface area contributed by atoms with Gasteiger partial charge in [0.2, 0.25) is 12.3 Å². The molecular weight excluding hydrogens is 318 g/mol. The lowest BCUT2D eigenvalue weighted by Crippen LogP contribution is -2.21. The first-order valence-electron chi connectivity index (χ1n) is 6.41. The van der Waals surface area contributed by atoms with Crippen LogP contribution in [0, 0.1) is 0 Å². The highest BCUT2D eigenvalue weighted by atomic mass is 32.1. The summed E-state index contributed by atoms with van der Waals surface area (Å²) in [6, 6.07) is 8.16. The van der Waals surface area contributed by atoms with Crippen LogP contribution in [0.3, 0.4) is 0 Å². The van der Waals surface area contributed by atoms with E-state index in [0.29, 0.717) is 10.9 Å². The van der Waals surface area contributed by atoms with E-state index in [-0.39, 0.29) is 5.56 Å².